The van der Waals surface area contributed by atoms with Crippen LogP contribution in [0.5, 0.6) is 5.75 Å². The zero-order valence-corrected chi connectivity index (χ0v) is 87.5. The second kappa shape index (κ2) is 51.2. The Morgan fingerprint density at radius 2 is 0.768 bits per heavy atom. The summed E-state index contributed by atoms with van der Waals surface area (Å²) < 4.78 is 59.6. The van der Waals surface area contributed by atoms with Gasteiger partial charge in [0.15, 0.2) is 42.9 Å². The molecular formula is C106H130Cl6N16O12S2. The van der Waals surface area contributed by atoms with Crippen molar-refractivity contribution in [1.29, 1.82) is 0 Å². The van der Waals surface area contributed by atoms with E-state index in [4.69, 9.17) is 79.1 Å². The normalized spacial score (nSPS) is 17.7. The number of methoxy groups -OCH3 is 2. The molecule has 17 rings (SSSR count). The van der Waals surface area contributed by atoms with Gasteiger partial charge in [-0.3, -0.25) is 28.8 Å². The van der Waals surface area contributed by atoms with Crippen molar-refractivity contribution in [2.75, 3.05) is 166 Å². The van der Waals surface area contributed by atoms with Gasteiger partial charge in [-0.1, -0.05) is 132 Å². The third kappa shape index (κ3) is 31.5. The highest BCUT2D eigenvalue weighted by Crippen LogP contribution is 2.47. The molecule has 0 spiro atoms. The predicted molar refractivity (Wildman–Crippen MR) is 567 cm³/mol. The van der Waals surface area contributed by atoms with E-state index >= 15 is 0 Å². The van der Waals surface area contributed by atoms with Gasteiger partial charge in [-0.2, -0.15) is 0 Å². The highest BCUT2D eigenvalue weighted by atomic mass is 35.5. The lowest BCUT2D eigenvalue weighted by Gasteiger charge is -2.38. The van der Waals surface area contributed by atoms with Crippen molar-refractivity contribution in [1.82, 2.24) is 40.4 Å². The first-order valence-electron chi connectivity index (χ1n) is 49.4. The molecular weight excluding hydrogens is 1970 g/mol. The first kappa shape index (κ1) is 108. The topological polar surface area (TPSA) is 332 Å². The highest BCUT2D eigenvalue weighted by molar-refractivity contribution is 7.91. The molecule has 8 aliphatic rings. The number of carbonyl (C=O) groups excluding carboxylic acids is 6. The summed E-state index contributed by atoms with van der Waals surface area (Å²) in [5.41, 5.74) is 4.38. The number of likely N-dealkylation sites (tertiary alicyclic amines) is 2. The number of halogens is 6. The molecule has 0 unspecified atom stereocenters. The van der Waals surface area contributed by atoms with E-state index in [2.05, 4.69) is 78.4 Å². The Labute approximate surface area is 864 Å². The molecule has 2 aliphatic carbocycles. The Kier molecular flexibility index (Phi) is 38.9. The number of nitrogens with one attached hydrogen (secondary N) is 6. The van der Waals surface area contributed by atoms with Crippen LogP contribution in [0.15, 0.2) is 180 Å². The van der Waals surface area contributed by atoms with Crippen LogP contribution in [0.3, 0.4) is 0 Å². The Balaban J connectivity index is 0.000000151. The van der Waals surface area contributed by atoms with Crippen molar-refractivity contribution in [3.63, 3.8) is 0 Å². The molecule has 2 saturated carbocycles. The Bertz CT molecular complexity index is 6080. The Morgan fingerprint density at radius 1 is 0.394 bits per heavy atom. The van der Waals surface area contributed by atoms with Gasteiger partial charge in [-0.15, -0.1) is 0 Å². The zero-order valence-electron chi connectivity index (χ0n) is 81.3. The van der Waals surface area contributed by atoms with Gasteiger partial charge in [-0.25, -0.2) is 36.8 Å². The summed E-state index contributed by atoms with van der Waals surface area (Å²) in [6, 6.07) is 41.1. The highest BCUT2D eigenvalue weighted by Gasteiger charge is 2.46. The molecule has 0 radical (unpaired) electrons. The fraction of sp³-hybridized carbons (Fsp3) is 0.472. The van der Waals surface area contributed by atoms with Gasteiger partial charge in [0.05, 0.1) is 61.3 Å². The van der Waals surface area contributed by atoms with Crippen molar-refractivity contribution < 1.29 is 55.1 Å². The maximum Gasteiger partial charge on any atom is 0.255 e. The van der Waals surface area contributed by atoms with Crippen LogP contribution < -0.4 is 56.2 Å². The molecule has 6 aliphatic heterocycles. The predicted octanol–water partition coefficient (Wildman–Crippen LogP) is 20.5. The van der Waals surface area contributed by atoms with Gasteiger partial charge in [0.1, 0.15) is 5.75 Å². The molecule has 9 aromatic rings. The average molecular weight is 2100 g/mol. The van der Waals surface area contributed by atoms with E-state index in [1.54, 1.807) is 129 Å². The summed E-state index contributed by atoms with van der Waals surface area (Å²) >= 11 is 36.6. The van der Waals surface area contributed by atoms with Crippen LogP contribution in [-0.2, 0) is 39.5 Å². The van der Waals surface area contributed by atoms with Gasteiger partial charge >= 0.3 is 0 Å². The average Bonchev–Trinajstić information content (AvgIpc) is 1.60. The van der Waals surface area contributed by atoms with Gasteiger partial charge in [0.2, 0.25) is 11.8 Å². The van der Waals surface area contributed by atoms with Crippen molar-refractivity contribution in [3.8, 4) is 5.75 Å². The molecule has 0 atom stereocenters. The lowest BCUT2D eigenvalue weighted by atomic mass is 9.89. The van der Waals surface area contributed by atoms with E-state index in [0.29, 0.717) is 138 Å². The summed E-state index contributed by atoms with van der Waals surface area (Å²) in [5.74, 6) is 5.63. The standard InChI is InChI=1S/C30H33ClN4O5S.C27H35ClN4O4S.C25H32Cl2N4O2.C24H30Cl2N4O/c1-40-24-8-4-6-22(17-24)30(11-12-30)34-27(36)15-20-9-13-35(14-10-20)28-26(18-25(19-32-28)41(2,38)39)33-29(37)21-5-3-7-23(31)16-21;1-37(35,36)23-16-24(31-27(34)21-8-5-9-22(28)15-21)26(30-18-23)32-12-10-19(11-13-32)14-25(33)29-17-20-6-3-2-4-7-20;1-33-22-8-11-30(12-9-22)10-5-18-6-13-31(14-7-18)24-23(16-21(27)17-28-24)29-25(32)19-3-2-4-20(26)15-19;1-17-5-9-29(10-6-17)16-18-7-11-30(12-8-18)23-22(14-21(26)15-27-23)28-24(31)19-3-2-4-20(25)13-19/h3-8,16-20H,9-15H2,1-2H3,(H,33,37)(H,34,36);5,8-9,15-16,18-20H,2-4,6-7,10-14,17H2,1H3,(H,29,33)(H,31,34);2-4,15-18,22H,5-14H2,1H3,(H,29,32);2-4,13-15,17-18H,5-12,16H2,1H3,(H,28,31). The fourth-order valence-electron chi connectivity index (χ4n) is 19.7. The van der Waals surface area contributed by atoms with E-state index in [1.165, 1.54) is 102 Å². The second-order valence-corrected chi connectivity index (χ2v) is 45.5. The number of carbonyl (C=O) groups is 6. The summed E-state index contributed by atoms with van der Waals surface area (Å²) in [6.45, 7) is 16.5. The van der Waals surface area contributed by atoms with Crippen molar-refractivity contribution in [2.45, 2.75) is 170 Å². The van der Waals surface area contributed by atoms with Gasteiger partial charge in [-0.05, 0) is 279 Å². The van der Waals surface area contributed by atoms with Crippen LogP contribution in [-0.4, -0.2) is 213 Å². The van der Waals surface area contributed by atoms with E-state index in [1.807, 2.05) is 41.2 Å². The molecule has 36 heteroatoms. The molecule has 8 fully saturated rings. The van der Waals surface area contributed by atoms with Crippen LogP contribution in [0.2, 0.25) is 30.1 Å². The first-order valence-corrected chi connectivity index (χ1v) is 55.5. The minimum absolute atomic E-state index is 0.0132. The number of hydrogen-bond donors (Lipinski definition) is 6. The molecule has 4 aromatic heterocycles. The minimum atomic E-state index is -3.54. The SMILES string of the molecule is CC1CCN(CC2CCN(c3ncc(Cl)cc3NC(=O)c3cccc(Cl)c3)CC2)CC1.COC1CCN(CCC2CCN(c3ncc(Cl)cc3NC(=O)c3cccc(Cl)c3)CC2)CC1.COc1cccc(C2(NC(=O)CC3CCN(c4ncc(S(C)(=O)=O)cc4NC(=O)c4cccc(Cl)c4)CC3)CC2)c1.CS(=O)(=O)c1cnc(N2CCC(CC(=O)NCC3CCCCC3)CC2)c(NC(=O)c2cccc(Cl)c2)c1. The van der Waals surface area contributed by atoms with Gasteiger partial charge in [0, 0.05) is 178 Å². The molecule has 760 valence electrons. The Hall–Kier alpha value is -9.96. The number of ether oxygens (including phenoxy) is 2. The number of benzene rings is 5. The lowest BCUT2D eigenvalue weighted by molar-refractivity contribution is -0.123. The van der Waals surface area contributed by atoms with Crippen LogP contribution in [0.1, 0.15) is 195 Å². The van der Waals surface area contributed by atoms with Crippen molar-refractivity contribution in [3.05, 3.63) is 228 Å². The van der Waals surface area contributed by atoms with Crippen molar-refractivity contribution in [2.24, 2.45) is 35.5 Å². The maximum atomic E-state index is 13.0. The van der Waals surface area contributed by atoms with Gasteiger partial charge < -0.3 is 70.8 Å². The van der Waals surface area contributed by atoms with Gasteiger partial charge in [0.25, 0.3) is 23.6 Å². The molecule has 0 bridgehead atoms. The number of hydrogen-bond acceptors (Lipinski definition) is 22. The number of anilines is 8. The van der Waals surface area contributed by atoms with E-state index in [0.717, 1.165) is 176 Å². The largest absolute Gasteiger partial charge is 0.497 e. The number of rotatable bonds is 29. The fourth-order valence-corrected chi connectivity index (χ4v) is 21.9. The van der Waals surface area contributed by atoms with E-state index < -0.39 is 31.5 Å². The molecule has 6 N–H and O–H groups in total. The van der Waals surface area contributed by atoms with E-state index in [9.17, 15) is 45.6 Å². The maximum absolute atomic E-state index is 13.0. The number of sulfone groups is 2. The monoisotopic (exact) mass is 2090 g/mol. The number of pyridine rings is 4. The molecule has 28 nitrogen and oxygen atoms in total. The molecule has 6 amide bonds. The Morgan fingerprint density at radius 3 is 1.15 bits per heavy atom. The number of nitrogens with zero attached hydrogens (tertiary/aromatic N) is 10. The smallest absolute Gasteiger partial charge is 0.255 e. The number of aromatic nitrogens is 4. The van der Waals surface area contributed by atoms with Crippen LogP contribution in [0.25, 0.3) is 0 Å². The molecule has 142 heavy (non-hydrogen) atoms. The third-order valence-electron chi connectivity index (χ3n) is 28.3. The summed E-state index contributed by atoms with van der Waals surface area (Å²) in [4.78, 5) is 109. The quantitative estimate of drug-likeness (QED) is 0.0254. The van der Waals surface area contributed by atoms with E-state index in [-0.39, 0.29) is 50.8 Å². The molecule has 10 heterocycles. The second-order valence-electron chi connectivity index (χ2n) is 38.9. The first-order chi connectivity index (χ1) is 68.2. The summed E-state index contributed by atoms with van der Waals surface area (Å²) in [7, 11) is -3.60. The summed E-state index contributed by atoms with van der Waals surface area (Å²) in [5, 5.41) is 20.9. The zero-order chi connectivity index (χ0) is 101. The number of amides is 6. The third-order valence-corrected chi connectivity index (χ3v) is 31.8. The number of piperidine rings is 6. The van der Waals surface area contributed by atoms with Crippen LogP contribution in [0, 0.1) is 35.5 Å². The van der Waals surface area contributed by atoms with Crippen LogP contribution in [0.4, 0.5) is 46.0 Å². The van der Waals surface area contributed by atoms with Crippen molar-refractivity contribution >= 4 is 171 Å². The lowest BCUT2D eigenvalue weighted by Crippen LogP contribution is -2.41. The molecule has 6 saturated heterocycles. The minimum Gasteiger partial charge on any atom is -0.497 e. The molecule has 5 aromatic carbocycles. The van der Waals surface area contributed by atoms with Crippen LogP contribution >= 0.6 is 69.6 Å². The summed E-state index contributed by atoms with van der Waals surface area (Å²) in [6.07, 6.45) is 31.4.